The first-order valence-corrected chi connectivity index (χ1v) is 10.3. The topological polar surface area (TPSA) is 82.1 Å². The monoisotopic (exact) mass is 430 g/mol. The van der Waals surface area contributed by atoms with E-state index in [1.165, 1.54) is 24.6 Å². The molecule has 1 aromatic carbocycles. The van der Waals surface area contributed by atoms with Crippen molar-refractivity contribution in [3.05, 3.63) is 41.6 Å². The summed E-state index contributed by atoms with van der Waals surface area (Å²) in [5.74, 6) is -0.380. The van der Waals surface area contributed by atoms with Crippen molar-refractivity contribution >= 4 is 16.9 Å². The minimum absolute atomic E-state index is 0.0543. The number of hydrogen-bond acceptors (Lipinski definition) is 4. The third kappa shape index (κ3) is 3.41. The number of H-pyrrole nitrogens is 1. The number of alkyl halides is 3. The van der Waals surface area contributed by atoms with Crippen LogP contribution in [0.25, 0.3) is 22.3 Å². The second-order valence-electron chi connectivity index (χ2n) is 8.62. The smallest absolute Gasteiger partial charge is 0.433 e. The van der Waals surface area contributed by atoms with E-state index in [0.29, 0.717) is 24.3 Å². The van der Waals surface area contributed by atoms with Crippen molar-refractivity contribution in [3.8, 4) is 17.0 Å². The average Bonchev–Trinajstić information content (AvgIpc) is 3.16. The van der Waals surface area contributed by atoms with Gasteiger partial charge in [0.1, 0.15) is 11.4 Å². The van der Waals surface area contributed by atoms with E-state index in [9.17, 15) is 23.1 Å². The maximum absolute atomic E-state index is 13.6. The molecule has 31 heavy (non-hydrogen) atoms. The largest absolute Gasteiger partial charge is 0.508 e. The van der Waals surface area contributed by atoms with Crippen molar-refractivity contribution < 1.29 is 23.1 Å². The van der Waals surface area contributed by atoms with Crippen LogP contribution in [0.5, 0.6) is 5.75 Å². The zero-order chi connectivity index (χ0) is 21.8. The number of rotatable bonds is 2. The molecule has 2 fully saturated rings. The van der Waals surface area contributed by atoms with Crippen molar-refractivity contribution in [2.24, 2.45) is 5.41 Å². The number of aromatic nitrogens is 3. The van der Waals surface area contributed by atoms with Crippen LogP contribution in [0.4, 0.5) is 13.2 Å². The van der Waals surface area contributed by atoms with E-state index in [4.69, 9.17) is 0 Å². The molecule has 2 aromatic heterocycles. The van der Waals surface area contributed by atoms with Crippen LogP contribution < -0.4 is 0 Å². The van der Waals surface area contributed by atoms with Gasteiger partial charge >= 0.3 is 6.18 Å². The highest BCUT2D eigenvalue weighted by atomic mass is 19.4. The molecule has 3 aromatic rings. The summed E-state index contributed by atoms with van der Waals surface area (Å²) in [6.07, 6.45) is 0.881. The summed E-state index contributed by atoms with van der Waals surface area (Å²) in [5, 5.41) is 15.0. The van der Waals surface area contributed by atoms with E-state index in [1.807, 2.05) is 5.10 Å². The Balaban J connectivity index is 1.58. The van der Waals surface area contributed by atoms with Gasteiger partial charge in [0.05, 0.1) is 16.6 Å². The molecular formula is C22H21F3N4O2. The number of hydrogen-bond donors (Lipinski definition) is 2. The molecule has 5 rings (SSSR count). The van der Waals surface area contributed by atoms with Gasteiger partial charge in [-0.05, 0) is 43.2 Å². The van der Waals surface area contributed by atoms with E-state index >= 15 is 0 Å². The van der Waals surface area contributed by atoms with E-state index in [2.05, 4.69) is 10.1 Å². The predicted molar refractivity (Wildman–Crippen MR) is 107 cm³/mol. The molecule has 0 unspecified atom stereocenters. The number of fused-ring (bicyclic) bond motifs is 1. The number of nitrogens with zero attached hydrogens (tertiary/aromatic N) is 3. The Kier molecular flexibility index (Phi) is 4.46. The average molecular weight is 430 g/mol. The van der Waals surface area contributed by atoms with Gasteiger partial charge in [0.25, 0.3) is 5.91 Å². The Labute approximate surface area is 176 Å². The number of pyridine rings is 1. The molecule has 9 heteroatoms. The molecule has 162 valence electrons. The highest BCUT2D eigenvalue weighted by Gasteiger charge is 2.46. The number of halogens is 3. The van der Waals surface area contributed by atoms with Gasteiger partial charge in [0, 0.05) is 24.1 Å². The number of carbonyl (C=O) groups is 1. The minimum atomic E-state index is -4.69. The number of amides is 1. The Morgan fingerprint density at radius 2 is 1.77 bits per heavy atom. The van der Waals surface area contributed by atoms with Gasteiger partial charge in [0.15, 0.2) is 5.65 Å². The van der Waals surface area contributed by atoms with Crippen LogP contribution in [0, 0.1) is 5.41 Å². The molecule has 0 radical (unpaired) electrons. The van der Waals surface area contributed by atoms with Crippen molar-refractivity contribution in [2.45, 2.75) is 38.3 Å². The molecule has 6 nitrogen and oxygen atoms in total. The summed E-state index contributed by atoms with van der Waals surface area (Å²) in [7, 11) is 0. The lowest BCUT2D eigenvalue weighted by Crippen LogP contribution is -2.59. The molecule has 0 atom stereocenters. The number of likely N-dealkylation sites (tertiary alicyclic amines) is 1. The highest BCUT2D eigenvalue weighted by molar-refractivity contribution is 6.08. The third-order valence-corrected chi connectivity index (χ3v) is 6.45. The lowest BCUT2D eigenvalue weighted by atomic mass is 9.68. The molecule has 1 saturated carbocycles. The summed E-state index contributed by atoms with van der Waals surface area (Å²) >= 11 is 0. The van der Waals surface area contributed by atoms with Crippen molar-refractivity contribution in [1.29, 1.82) is 0 Å². The predicted octanol–water partition coefficient (Wildman–Crippen LogP) is 4.76. The molecule has 1 spiro atoms. The fourth-order valence-corrected chi connectivity index (χ4v) is 4.87. The maximum Gasteiger partial charge on any atom is 0.433 e. The number of phenolic OH excluding ortho intramolecular Hbond substituents is 1. The molecule has 1 amide bonds. The first kappa shape index (κ1) is 19.8. The van der Waals surface area contributed by atoms with Gasteiger partial charge in [-0.3, -0.25) is 9.89 Å². The summed E-state index contributed by atoms with van der Waals surface area (Å²) in [6.45, 7) is 1.15. The number of carbonyl (C=O) groups excluding carboxylic acids is 1. The molecule has 0 bridgehead atoms. The zero-order valence-electron chi connectivity index (χ0n) is 16.7. The molecule has 3 heterocycles. The first-order chi connectivity index (χ1) is 14.8. The van der Waals surface area contributed by atoms with Gasteiger partial charge in [-0.2, -0.15) is 18.3 Å². The number of aromatic amines is 1. The molecule has 1 aliphatic carbocycles. The molecule has 1 aliphatic heterocycles. The first-order valence-electron chi connectivity index (χ1n) is 10.3. The summed E-state index contributed by atoms with van der Waals surface area (Å²) in [4.78, 5) is 19.2. The Hall–Kier alpha value is -3.10. The van der Waals surface area contributed by atoms with Crippen LogP contribution in [0.3, 0.4) is 0 Å². The summed E-state index contributed by atoms with van der Waals surface area (Å²) < 4.78 is 40.8. The van der Waals surface area contributed by atoms with Crippen LogP contribution in [0.2, 0.25) is 0 Å². The lowest BCUT2D eigenvalue weighted by Gasteiger charge is -2.52. The minimum Gasteiger partial charge on any atom is -0.508 e. The van der Waals surface area contributed by atoms with Crippen LogP contribution in [-0.4, -0.2) is 44.2 Å². The number of phenols is 1. The molecule has 2 aliphatic rings. The highest BCUT2D eigenvalue weighted by Crippen LogP contribution is 2.45. The number of benzene rings is 1. The second kappa shape index (κ2) is 6.96. The van der Waals surface area contributed by atoms with Crippen LogP contribution in [0.15, 0.2) is 30.3 Å². The quantitative estimate of drug-likeness (QED) is 0.614. The van der Waals surface area contributed by atoms with Crippen molar-refractivity contribution in [2.75, 3.05) is 13.1 Å². The number of aromatic hydroxyl groups is 1. The molecular weight excluding hydrogens is 409 g/mol. The molecule has 2 N–H and O–H groups in total. The van der Waals surface area contributed by atoms with Gasteiger partial charge in [-0.1, -0.05) is 19.3 Å². The van der Waals surface area contributed by atoms with Gasteiger partial charge in [-0.15, -0.1) is 0 Å². The summed E-state index contributed by atoms with van der Waals surface area (Å²) in [5.41, 5.74) is -0.276. The van der Waals surface area contributed by atoms with Crippen molar-refractivity contribution in [1.82, 2.24) is 20.1 Å². The third-order valence-electron chi connectivity index (χ3n) is 6.45. The van der Waals surface area contributed by atoms with Crippen LogP contribution in [-0.2, 0) is 6.18 Å². The van der Waals surface area contributed by atoms with Gasteiger partial charge in [0.2, 0.25) is 0 Å². The fourth-order valence-electron chi connectivity index (χ4n) is 4.87. The Morgan fingerprint density at radius 3 is 2.42 bits per heavy atom. The van der Waals surface area contributed by atoms with E-state index in [0.717, 1.165) is 25.7 Å². The number of nitrogens with one attached hydrogen (secondary N) is 1. The summed E-state index contributed by atoms with van der Waals surface area (Å²) in [6, 6.07) is 7.49. The SMILES string of the molecule is O=C(c1cc(-c2ccc(O)cc2)nc2n[nH]c(C(F)(F)F)c12)N1CC2(CCCCC2)C1. The molecule has 1 saturated heterocycles. The second-order valence-corrected chi connectivity index (χ2v) is 8.62. The lowest BCUT2D eigenvalue weighted by molar-refractivity contribution is -0.139. The van der Waals surface area contributed by atoms with Gasteiger partial charge < -0.3 is 10.0 Å². The Bertz CT molecular complexity index is 1140. The fraction of sp³-hybridized carbons (Fsp3) is 0.409. The normalized spacial score (nSPS) is 18.4. The van der Waals surface area contributed by atoms with Gasteiger partial charge in [-0.25, -0.2) is 4.98 Å². The maximum atomic E-state index is 13.6. The Morgan fingerprint density at radius 1 is 1.10 bits per heavy atom. The zero-order valence-corrected chi connectivity index (χ0v) is 16.7. The van der Waals surface area contributed by atoms with E-state index in [-0.39, 0.29) is 27.8 Å². The van der Waals surface area contributed by atoms with Crippen LogP contribution in [0.1, 0.15) is 48.2 Å². The van der Waals surface area contributed by atoms with Crippen LogP contribution >= 0.6 is 0 Å². The van der Waals surface area contributed by atoms with E-state index in [1.54, 1.807) is 17.0 Å². The van der Waals surface area contributed by atoms with Crippen molar-refractivity contribution in [3.63, 3.8) is 0 Å². The standard InChI is InChI=1S/C22H21F3N4O2/c23-22(24,25)18-17-15(20(31)29-11-21(12-29)8-2-1-3-9-21)10-16(26-19(17)28-27-18)13-4-6-14(30)7-5-13/h4-7,10,30H,1-3,8-9,11-12H2,(H,26,27,28). The van der Waals surface area contributed by atoms with E-state index < -0.39 is 17.8 Å².